The molecule has 3 amide bonds. The Morgan fingerprint density at radius 1 is 1.44 bits per heavy atom. The van der Waals surface area contributed by atoms with E-state index in [2.05, 4.69) is 18.5 Å². The molecule has 0 aromatic heterocycles. The Hall–Kier alpha value is -1.08. The summed E-state index contributed by atoms with van der Waals surface area (Å²) in [6.45, 7) is 4.85. The summed E-state index contributed by atoms with van der Waals surface area (Å²) in [6, 6.07) is 0. The van der Waals surface area contributed by atoms with Crippen LogP contribution in [0.3, 0.4) is 0 Å². The summed E-state index contributed by atoms with van der Waals surface area (Å²) < 4.78 is 0. The minimum Gasteiger partial charge on any atom is -0.471 e. The molecule has 0 aromatic rings. The zero-order valence-corrected chi connectivity index (χ0v) is 12.7. The molecular weight excluding hydrogens is 317 g/mol. The van der Waals surface area contributed by atoms with Gasteiger partial charge < -0.3 is 14.9 Å². The van der Waals surface area contributed by atoms with E-state index < -0.39 is 17.9 Å². The second-order valence-electron chi connectivity index (χ2n) is 3.02. The topological polar surface area (TPSA) is 92.8 Å². The molecule has 1 saturated heterocycles. The Bertz CT molecular complexity index is 340. The van der Waals surface area contributed by atoms with Crippen molar-refractivity contribution in [2.75, 3.05) is 0 Å². The first kappa shape index (κ1) is 19.3. The molecule has 0 saturated carbocycles. The molecular formula is C10H12N2O5Y+. The number of amides is 3. The van der Waals surface area contributed by atoms with Gasteiger partial charge in [-0.25, -0.2) is 11.4 Å². The second-order valence-corrected chi connectivity index (χ2v) is 3.02. The van der Waals surface area contributed by atoms with Gasteiger partial charge in [-0.15, -0.1) is 5.06 Å². The summed E-state index contributed by atoms with van der Waals surface area (Å²) in [5, 5.41) is 2.32. The van der Waals surface area contributed by atoms with Crippen molar-refractivity contribution in [1.29, 1.82) is 0 Å². The molecule has 0 unspecified atom stereocenters. The molecule has 94 valence electrons. The van der Waals surface area contributed by atoms with Crippen molar-refractivity contribution in [1.82, 2.24) is 10.4 Å². The number of carbonyl (C=O) groups excluding carboxylic acids is 4. The third-order valence-electron chi connectivity index (χ3n) is 1.50. The summed E-state index contributed by atoms with van der Waals surface area (Å²) in [6.07, 6.45) is 0.825. The Morgan fingerprint density at radius 2 is 1.83 bits per heavy atom. The van der Waals surface area contributed by atoms with Crippen LogP contribution in [0.25, 0.3) is 0 Å². The van der Waals surface area contributed by atoms with Crippen molar-refractivity contribution < 1.29 is 56.7 Å². The number of rotatable bonds is 2. The van der Waals surface area contributed by atoms with Crippen LogP contribution in [-0.2, 0) is 51.9 Å². The van der Waals surface area contributed by atoms with Gasteiger partial charge in [0, 0.05) is 12.8 Å². The third kappa shape index (κ3) is 7.29. The first-order chi connectivity index (χ1) is 7.92. The molecule has 8 heteroatoms. The number of carbonyl (C=O) groups is 3. The Balaban J connectivity index is 0. The van der Waals surface area contributed by atoms with E-state index in [1.807, 2.05) is 5.32 Å². The van der Waals surface area contributed by atoms with Gasteiger partial charge in [0.05, 0.1) is 0 Å². The average Bonchev–Trinajstić information content (AvgIpc) is 2.61. The summed E-state index contributed by atoms with van der Waals surface area (Å²) in [5.41, 5.74) is 0.449. The van der Waals surface area contributed by atoms with Crippen molar-refractivity contribution >= 4 is 24.2 Å². The fourth-order valence-corrected chi connectivity index (χ4v) is 0.773. The van der Waals surface area contributed by atoms with Crippen LogP contribution in [0.1, 0.15) is 19.8 Å². The fraction of sp³-hybridized carbons (Fsp3) is 0.300. The van der Waals surface area contributed by atoms with Crippen LogP contribution in [0.15, 0.2) is 12.2 Å². The normalized spacial score (nSPS) is 12.9. The van der Waals surface area contributed by atoms with E-state index in [-0.39, 0.29) is 45.6 Å². The van der Waals surface area contributed by atoms with Gasteiger partial charge in [0.2, 0.25) is 0 Å². The van der Waals surface area contributed by atoms with E-state index in [0.29, 0.717) is 10.6 Å². The van der Waals surface area contributed by atoms with E-state index in [1.54, 1.807) is 13.2 Å². The van der Waals surface area contributed by atoms with Crippen molar-refractivity contribution in [2.45, 2.75) is 19.8 Å². The molecule has 1 aliphatic rings. The Morgan fingerprint density at radius 3 is 2.11 bits per heavy atom. The summed E-state index contributed by atoms with van der Waals surface area (Å²) in [5.74, 6) is -1.02. The van der Waals surface area contributed by atoms with E-state index in [4.69, 9.17) is 0 Å². The number of allylic oxidation sites excluding steroid dienone is 1. The maximum absolute atomic E-state index is 10.8. The minimum absolute atomic E-state index is 0. The van der Waals surface area contributed by atoms with Crippen molar-refractivity contribution in [3.8, 4) is 0 Å². The van der Waals surface area contributed by atoms with Crippen molar-refractivity contribution in [2.24, 2.45) is 0 Å². The van der Waals surface area contributed by atoms with E-state index in [0.717, 1.165) is 0 Å². The third-order valence-corrected chi connectivity index (χ3v) is 1.50. The number of hydroxylamine groups is 2. The van der Waals surface area contributed by atoms with E-state index in [9.17, 15) is 19.2 Å². The van der Waals surface area contributed by atoms with Gasteiger partial charge in [-0.3, -0.25) is 16.6 Å². The largest absolute Gasteiger partial charge is 3.00 e. The molecule has 1 rings (SSSR count). The molecule has 1 N–H and O–H groups in total. The quantitative estimate of drug-likeness (QED) is 0.445. The van der Waals surface area contributed by atoms with Gasteiger partial charge in [0.15, 0.2) is 0 Å². The molecule has 1 fully saturated rings. The zero-order valence-electron chi connectivity index (χ0n) is 9.89. The molecule has 0 spiro atoms. The molecule has 0 aliphatic carbocycles. The zero-order chi connectivity index (χ0) is 13.4. The molecule has 0 aromatic carbocycles. The fourth-order valence-electron chi connectivity index (χ4n) is 0.773. The van der Waals surface area contributed by atoms with Crippen LogP contribution in [0.5, 0.6) is 0 Å². The van der Waals surface area contributed by atoms with Crippen LogP contribution in [-0.4, -0.2) is 29.3 Å². The molecule has 1 heterocycles. The SMILES string of the molecule is C=C(C)[C-]=O.[CH2-]NC(=O)ON1C(=O)CCC1=O.[Y+3]. The van der Waals surface area contributed by atoms with Gasteiger partial charge in [0.1, 0.15) is 0 Å². The molecule has 0 radical (unpaired) electrons. The number of hydrogen-bond donors (Lipinski definition) is 1. The van der Waals surface area contributed by atoms with Crippen LogP contribution >= 0.6 is 0 Å². The summed E-state index contributed by atoms with van der Waals surface area (Å²) >= 11 is 0. The number of nitrogens with zero attached hydrogens (tertiary/aromatic N) is 1. The second kappa shape index (κ2) is 9.90. The van der Waals surface area contributed by atoms with Gasteiger partial charge in [-0.2, -0.15) is 5.57 Å². The van der Waals surface area contributed by atoms with Gasteiger partial charge in [0.25, 0.3) is 11.8 Å². The van der Waals surface area contributed by atoms with Gasteiger partial charge in [-0.1, -0.05) is 6.92 Å². The van der Waals surface area contributed by atoms with Crippen LogP contribution in [0, 0.1) is 7.05 Å². The number of imide groups is 1. The van der Waals surface area contributed by atoms with Crippen LogP contribution < -0.4 is 5.32 Å². The Labute approximate surface area is 130 Å². The molecule has 0 atom stereocenters. The van der Waals surface area contributed by atoms with E-state index in [1.165, 1.54) is 0 Å². The monoisotopic (exact) mass is 329 g/mol. The maximum Gasteiger partial charge on any atom is 3.00 e. The van der Waals surface area contributed by atoms with Gasteiger partial charge >= 0.3 is 38.8 Å². The molecule has 1 aliphatic heterocycles. The van der Waals surface area contributed by atoms with Crippen LogP contribution in [0.2, 0.25) is 0 Å². The van der Waals surface area contributed by atoms with E-state index >= 15 is 0 Å². The molecule has 0 bridgehead atoms. The minimum atomic E-state index is -0.932. The first-order valence-corrected chi connectivity index (χ1v) is 4.56. The molecule has 7 nitrogen and oxygen atoms in total. The molecule has 18 heavy (non-hydrogen) atoms. The number of nitrogens with one attached hydrogen (secondary N) is 1. The first-order valence-electron chi connectivity index (χ1n) is 4.56. The van der Waals surface area contributed by atoms with Crippen molar-refractivity contribution in [3.05, 3.63) is 19.2 Å². The smallest absolute Gasteiger partial charge is 0.471 e. The average molecular weight is 329 g/mol. The maximum atomic E-state index is 10.8. The predicted molar refractivity (Wildman–Crippen MR) is 56.6 cm³/mol. The van der Waals surface area contributed by atoms with Crippen LogP contribution in [0.4, 0.5) is 4.79 Å². The standard InChI is InChI=1S/C6H7N2O4.C4H5O.Y/c1-7-6(11)12-8-4(9)2-3-5(8)10;1-4(2)3-5;/h1-3H2,(H,7,11);1H2,2H3;/q2*-1;+3. The summed E-state index contributed by atoms with van der Waals surface area (Å²) in [7, 11) is 3.00. The van der Waals surface area contributed by atoms with Gasteiger partial charge in [-0.05, 0) is 6.29 Å². The summed E-state index contributed by atoms with van der Waals surface area (Å²) in [4.78, 5) is 45.7. The predicted octanol–water partition coefficient (Wildman–Crippen LogP) is 0.238. The van der Waals surface area contributed by atoms with Crippen molar-refractivity contribution in [3.63, 3.8) is 0 Å². The Kier molecular flexibility index (Phi) is 10.6. The number of hydrogen-bond acceptors (Lipinski definition) is 5.